The molecular formula is C16H10Cl3N3O3. The Hall–Kier alpha value is -2.15. The predicted molar refractivity (Wildman–Crippen MR) is 94.3 cm³/mol. The lowest BCUT2D eigenvalue weighted by Crippen LogP contribution is -2.45. The summed E-state index contributed by atoms with van der Waals surface area (Å²) < 4.78 is 0. The molecule has 1 aliphatic heterocycles. The molecular weight excluding hydrogens is 389 g/mol. The van der Waals surface area contributed by atoms with Crippen LogP contribution < -0.4 is 5.32 Å². The van der Waals surface area contributed by atoms with Gasteiger partial charge in [-0.25, -0.2) is 4.98 Å². The molecule has 1 aliphatic rings. The van der Waals surface area contributed by atoms with Gasteiger partial charge in [0, 0.05) is 6.20 Å². The number of aromatic nitrogens is 1. The largest absolute Gasteiger partial charge is 0.309 e. The molecule has 0 bridgehead atoms. The minimum absolute atomic E-state index is 0.115. The maximum absolute atomic E-state index is 12.5. The second-order valence-corrected chi connectivity index (χ2v) is 6.57. The molecule has 0 aliphatic carbocycles. The first-order valence-electron chi connectivity index (χ1n) is 7.09. The molecule has 1 N–H and O–H groups in total. The van der Waals surface area contributed by atoms with Gasteiger partial charge in [0.2, 0.25) is 5.91 Å². The number of nitrogens with one attached hydrogen (secondary N) is 1. The molecule has 6 nitrogen and oxygen atoms in total. The molecule has 0 fully saturated rings. The zero-order valence-electron chi connectivity index (χ0n) is 12.7. The van der Waals surface area contributed by atoms with Crippen molar-refractivity contribution < 1.29 is 14.4 Å². The molecule has 9 heteroatoms. The number of halogens is 3. The SMILES string of the molecule is C[C@@H](C(=O)Nc1ccc(Cl)cn1)N1C(=O)c2cc(Cl)c(Cl)cc2C1=O. The predicted octanol–water partition coefficient (Wildman–Crippen LogP) is 3.67. The number of nitrogens with zero attached hydrogens (tertiary/aromatic N) is 2. The van der Waals surface area contributed by atoms with E-state index in [-0.39, 0.29) is 27.0 Å². The summed E-state index contributed by atoms with van der Waals surface area (Å²) in [5.41, 5.74) is 0.229. The fraction of sp³-hybridized carbons (Fsp3) is 0.125. The highest BCUT2D eigenvalue weighted by Crippen LogP contribution is 2.32. The Morgan fingerprint density at radius 2 is 1.64 bits per heavy atom. The Morgan fingerprint density at radius 3 is 2.12 bits per heavy atom. The van der Waals surface area contributed by atoms with Crippen molar-refractivity contribution in [2.45, 2.75) is 13.0 Å². The van der Waals surface area contributed by atoms with Crippen molar-refractivity contribution in [2.24, 2.45) is 0 Å². The standard InChI is InChI=1S/C16H10Cl3N3O3/c1-7(14(23)21-13-3-2-8(17)6-20-13)22-15(24)9-4-11(18)12(19)5-10(9)16(22)25/h2-7H,1H3,(H,20,21,23)/t7-/m0/s1. The highest BCUT2D eigenvalue weighted by Gasteiger charge is 2.41. The first-order valence-corrected chi connectivity index (χ1v) is 8.22. The molecule has 0 saturated heterocycles. The number of benzene rings is 1. The lowest BCUT2D eigenvalue weighted by Gasteiger charge is -2.21. The van der Waals surface area contributed by atoms with E-state index in [9.17, 15) is 14.4 Å². The number of hydrogen-bond donors (Lipinski definition) is 1. The van der Waals surface area contributed by atoms with Crippen molar-refractivity contribution in [3.8, 4) is 0 Å². The third kappa shape index (κ3) is 3.20. The zero-order valence-corrected chi connectivity index (χ0v) is 15.0. The molecule has 2 heterocycles. The van der Waals surface area contributed by atoms with Gasteiger partial charge in [-0.3, -0.25) is 19.3 Å². The van der Waals surface area contributed by atoms with Gasteiger partial charge >= 0.3 is 0 Å². The number of amides is 3. The number of hydrogen-bond acceptors (Lipinski definition) is 4. The van der Waals surface area contributed by atoms with Gasteiger partial charge in [0.25, 0.3) is 11.8 Å². The Kier molecular flexibility index (Phi) is 4.69. The maximum Gasteiger partial charge on any atom is 0.262 e. The lowest BCUT2D eigenvalue weighted by atomic mass is 10.1. The van der Waals surface area contributed by atoms with E-state index in [1.165, 1.54) is 31.3 Å². The summed E-state index contributed by atoms with van der Waals surface area (Å²) in [5.74, 6) is -1.53. The van der Waals surface area contributed by atoms with Gasteiger partial charge in [-0.2, -0.15) is 0 Å². The van der Waals surface area contributed by atoms with Crippen LogP contribution in [0.4, 0.5) is 5.82 Å². The third-order valence-corrected chi connectivity index (χ3v) is 4.65. The number of rotatable bonds is 3. The zero-order chi connectivity index (χ0) is 18.3. The number of pyridine rings is 1. The first-order chi connectivity index (χ1) is 11.8. The summed E-state index contributed by atoms with van der Waals surface area (Å²) in [4.78, 5) is 42.2. The first kappa shape index (κ1) is 17.7. The molecule has 0 unspecified atom stereocenters. The van der Waals surface area contributed by atoms with Gasteiger partial charge in [-0.15, -0.1) is 0 Å². The van der Waals surface area contributed by atoms with Crippen LogP contribution in [0.15, 0.2) is 30.5 Å². The summed E-state index contributed by atoms with van der Waals surface area (Å²) in [6.07, 6.45) is 1.37. The fourth-order valence-corrected chi connectivity index (χ4v) is 2.84. The van der Waals surface area contributed by atoms with E-state index in [4.69, 9.17) is 34.8 Å². The summed E-state index contributed by atoms with van der Waals surface area (Å²) in [6, 6.07) is 4.66. The van der Waals surface area contributed by atoms with Crippen LogP contribution in [-0.4, -0.2) is 33.6 Å². The van der Waals surface area contributed by atoms with Crippen molar-refractivity contribution in [3.05, 3.63) is 56.7 Å². The summed E-state index contributed by atoms with van der Waals surface area (Å²) in [5, 5.41) is 3.26. The smallest absolute Gasteiger partial charge is 0.262 e. The van der Waals surface area contributed by atoms with Crippen LogP contribution in [-0.2, 0) is 4.79 Å². The van der Waals surface area contributed by atoms with Gasteiger partial charge in [0.15, 0.2) is 0 Å². The van der Waals surface area contributed by atoms with Gasteiger partial charge in [0.05, 0.1) is 26.2 Å². The van der Waals surface area contributed by atoms with Crippen molar-refractivity contribution >= 4 is 58.3 Å². The van der Waals surface area contributed by atoms with Crippen LogP contribution in [0.5, 0.6) is 0 Å². The normalized spacial score (nSPS) is 14.5. The lowest BCUT2D eigenvalue weighted by molar-refractivity contribution is -0.119. The van der Waals surface area contributed by atoms with Crippen LogP contribution in [0.25, 0.3) is 0 Å². The number of fused-ring (bicyclic) bond motifs is 1. The van der Waals surface area contributed by atoms with Crippen LogP contribution in [0.2, 0.25) is 15.1 Å². The van der Waals surface area contributed by atoms with Crippen molar-refractivity contribution in [2.75, 3.05) is 5.32 Å². The Morgan fingerprint density at radius 1 is 1.08 bits per heavy atom. The van der Waals surface area contributed by atoms with Gasteiger partial charge in [-0.05, 0) is 31.2 Å². The van der Waals surface area contributed by atoms with E-state index in [0.717, 1.165) is 4.90 Å². The van der Waals surface area contributed by atoms with Crippen molar-refractivity contribution in [1.29, 1.82) is 0 Å². The van der Waals surface area contributed by atoms with E-state index < -0.39 is 23.8 Å². The molecule has 25 heavy (non-hydrogen) atoms. The number of carbonyl (C=O) groups excluding carboxylic acids is 3. The van der Waals surface area contributed by atoms with Gasteiger partial charge in [-0.1, -0.05) is 34.8 Å². The molecule has 1 aromatic carbocycles. The molecule has 128 valence electrons. The highest BCUT2D eigenvalue weighted by molar-refractivity contribution is 6.43. The molecule has 3 rings (SSSR count). The third-order valence-electron chi connectivity index (χ3n) is 3.70. The topological polar surface area (TPSA) is 79.4 Å². The fourth-order valence-electron chi connectivity index (χ4n) is 2.40. The monoisotopic (exact) mass is 397 g/mol. The summed E-state index contributed by atoms with van der Waals surface area (Å²) in [6.45, 7) is 1.44. The van der Waals surface area contributed by atoms with Crippen molar-refractivity contribution in [3.63, 3.8) is 0 Å². The van der Waals surface area contributed by atoms with E-state index in [2.05, 4.69) is 10.3 Å². The average molecular weight is 399 g/mol. The van der Waals surface area contributed by atoms with E-state index in [1.54, 1.807) is 6.07 Å². The second kappa shape index (κ2) is 6.63. The summed E-state index contributed by atoms with van der Waals surface area (Å²) >= 11 is 17.5. The number of anilines is 1. The maximum atomic E-state index is 12.5. The molecule has 2 aromatic rings. The quantitative estimate of drug-likeness (QED) is 0.800. The van der Waals surface area contributed by atoms with Crippen LogP contribution in [0, 0.1) is 0 Å². The Balaban J connectivity index is 1.84. The van der Waals surface area contributed by atoms with Crippen LogP contribution in [0.3, 0.4) is 0 Å². The van der Waals surface area contributed by atoms with Crippen molar-refractivity contribution in [1.82, 2.24) is 9.88 Å². The van der Waals surface area contributed by atoms with Crippen LogP contribution >= 0.6 is 34.8 Å². The number of imide groups is 1. The molecule has 3 amide bonds. The minimum Gasteiger partial charge on any atom is -0.309 e. The highest BCUT2D eigenvalue weighted by atomic mass is 35.5. The van der Waals surface area contributed by atoms with Gasteiger partial charge < -0.3 is 5.32 Å². The summed E-state index contributed by atoms with van der Waals surface area (Å²) in [7, 11) is 0. The molecule has 0 saturated carbocycles. The van der Waals surface area contributed by atoms with Crippen LogP contribution in [0.1, 0.15) is 27.6 Å². The van der Waals surface area contributed by atoms with Gasteiger partial charge in [0.1, 0.15) is 11.9 Å². The second-order valence-electron chi connectivity index (χ2n) is 5.32. The molecule has 0 spiro atoms. The number of carbonyl (C=O) groups is 3. The molecule has 0 radical (unpaired) electrons. The Bertz CT molecular complexity index is 858. The van der Waals surface area contributed by atoms with E-state index >= 15 is 0 Å². The van der Waals surface area contributed by atoms with E-state index in [0.29, 0.717) is 5.02 Å². The minimum atomic E-state index is -1.05. The molecule has 1 atom stereocenters. The average Bonchev–Trinajstić information content (AvgIpc) is 2.80. The van der Waals surface area contributed by atoms with E-state index in [1.807, 2.05) is 0 Å². The Labute approximate surface area is 157 Å². The molecule has 1 aromatic heterocycles.